The smallest absolute Gasteiger partial charge is 0.0833 e. The molecular formula is C9H15NO. The van der Waals surface area contributed by atoms with Gasteiger partial charge in [0.25, 0.3) is 0 Å². The van der Waals surface area contributed by atoms with Gasteiger partial charge in [0, 0.05) is 11.9 Å². The Morgan fingerprint density at radius 2 is 2.09 bits per heavy atom. The zero-order valence-electron chi connectivity index (χ0n) is 7.15. The molecule has 2 heteroatoms. The van der Waals surface area contributed by atoms with Gasteiger partial charge in [0.1, 0.15) is 0 Å². The van der Waals surface area contributed by atoms with Crippen LogP contribution in [0.4, 0.5) is 0 Å². The van der Waals surface area contributed by atoms with E-state index in [1.807, 2.05) is 6.20 Å². The van der Waals surface area contributed by atoms with E-state index in [-0.39, 0.29) is 6.61 Å². The molecule has 0 spiro atoms. The Balaban J connectivity index is 2.99. The quantitative estimate of drug-likeness (QED) is 0.680. The maximum Gasteiger partial charge on any atom is 0.0833 e. The lowest BCUT2D eigenvalue weighted by Gasteiger charge is -1.99. The average Bonchev–Trinajstić information content (AvgIpc) is 2.45. The number of aromatic nitrogens is 1. The highest BCUT2D eigenvalue weighted by molar-refractivity contribution is 5.30. The minimum atomic E-state index is 0.128. The molecule has 0 fully saturated rings. The first kappa shape index (κ1) is 8.34. The van der Waals surface area contributed by atoms with E-state index in [0.29, 0.717) is 0 Å². The number of nitrogens with one attached hydrogen (secondary N) is 1. The van der Waals surface area contributed by atoms with Crippen LogP contribution >= 0.6 is 0 Å². The summed E-state index contributed by atoms with van der Waals surface area (Å²) in [7, 11) is 0. The first-order valence-electron chi connectivity index (χ1n) is 4.12. The Bertz CT molecular complexity index is 206. The lowest BCUT2D eigenvalue weighted by molar-refractivity contribution is 0.276. The number of aryl methyl sites for hydroxylation is 1. The molecule has 1 aromatic heterocycles. The van der Waals surface area contributed by atoms with Crippen molar-refractivity contribution < 1.29 is 5.11 Å². The lowest BCUT2D eigenvalue weighted by Crippen LogP contribution is -1.91. The first-order valence-corrected chi connectivity index (χ1v) is 4.12. The fourth-order valence-corrected chi connectivity index (χ4v) is 1.44. The van der Waals surface area contributed by atoms with Gasteiger partial charge in [-0.25, -0.2) is 0 Å². The van der Waals surface area contributed by atoms with E-state index in [2.05, 4.69) is 18.8 Å². The zero-order valence-corrected chi connectivity index (χ0v) is 7.15. The van der Waals surface area contributed by atoms with Crippen LogP contribution in [-0.2, 0) is 19.4 Å². The number of rotatable bonds is 3. The Morgan fingerprint density at radius 1 is 1.36 bits per heavy atom. The SMILES string of the molecule is CCc1c[nH]c(CO)c1CC. The van der Waals surface area contributed by atoms with Crippen molar-refractivity contribution in [2.45, 2.75) is 33.3 Å². The van der Waals surface area contributed by atoms with Crippen LogP contribution in [0.3, 0.4) is 0 Å². The van der Waals surface area contributed by atoms with Gasteiger partial charge in [0.05, 0.1) is 6.61 Å². The third-order valence-corrected chi connectivity index (χ3v) is 2.07. The average molecular weight is 153 g/mol. The monoisotopic (exact) mass is 153 g/mol. The molecule has 0 aliphatic carbocycles. The molecule has 11 heavy (non-hydrogen) atoms. The topological polar surface area (TPSA) is 36.0 Å². The molecule has 0 amide bonds. The number of hydrogen-bond donors (Lipinski definition) is 2. The predicted octanol–water partition coefficient (Wildman–Crippen LogP) is 1.63. The number of aliphatic hydroxyl groups is 1. The molecule has 0 aromatic carbocycles. The summed E-state index contributed by atoms with van der Waals surface area (Å²) >= 11 is 0. The van der Waals surface area contributed by atoms with E-state index in [4.69, 9.17) is 5.11 Å². The minimum Gasteiger partial charge on any atom is -0.390 e. The van der Waals surface area contributed by atoms with Crippen LogP contribution in [-0.4, -0.2) is 10.1 Å². The minimum absolute atomic E-state index is 0.128. The lowest BCUT2D eigenvalue weighted by atomic mass is 10.1. The van der Waals surface area contributed by atoms with Crippen molar-refractivity contribution in [1.82, 2.24) is 4.98 Å². The van der Waals surface area contributed by atoms with Gasteiger partial charge in [-0.2, -0.15) is 0 Å². The van der Waals surface area contributed by atoms with Crippen molar-refractivity contribution in [2.24, 2.45) is 0 Å². The summed E-state index contributed by atoms with van der Waals surface area (Å²) in [5.41, 5.74) is 3.59. The van der Waals surface area contributed by atoms with Crippen LogP contribution in [0.25, 0.3) is 0 Å². The molecule has 0 bridgehead atoms. The molecule has 1 rings (SSSR count). The summed E-state index contributed by atoms with van der Waals surface area (Å²) in [5.74, 6) is 0. The first-order chi connectivity index (χ1) is 5.33. The van der Waals surface area contributed by atoms with Gasteiger partial charge >= 0.3 is 0 Å². The van der Waals surface area contributed by atoms with Crippen molar-refractivity contribution in [3.63, 3.8) is 0 Å². The summed E-state index contributed by atoms with van der Waals surface area (Å²) in [6.07, 6.45) is 4.03. The van der Waals surface area contributed by atoms with E-state index in [1.165, 1.54) is 11.1 Å². The Morgan fingerprint density at radius 3 is 2.55 bits per heavy atom. The van der Waals surface area contributed by atoms with Crippen LogP contribution < -0.4 is 0 Å². The largest absolute Gasteiger partial charge is 0.390 e. The summed E-state index contributed by atoms with van der Waals surface area (Å²) in [6.45, 7) is 4.37. The van der Waals surface area contributed by atoms with E-state index in [9.17, 15) is 0 Å². The molecule has 0 saturated carbocycles. The second-order valence-electron chi connectivity index (χ2n) is 2.64. The van der Waals surface area contributed by atoms with E-state index >= 15 is 0 Å². The molecule has 0 aliphatic heterocycles. The molecule has 0 radical (unpaired) electrons. The van der Waals surface area contributed by atoms with E-state index in [0.717, 1.165) is 18.5 Å². The summed E-state index contributed by atoms with van der Waals surface area (Å²) < 4.78 is 0. The molecule has 2 N–H and O–H groups in total. The highest BCUT2D eigenvalue weighted by atomic mass is 16.3. The van der Waals surface area contributed by atoms with Gasteiger partial charge in [-0.1, -0.05) is 13.8 Å². The van der Waals surface area contributed by atoms with Gasteiger partial charge in [-0.05, 0) is 24.0 Å². The second-order valence-corrected chi connectivity index (χ2v) is 2.64. The molecule has 0 saturated heterocycles. The summed E-state index contributed by atoms with van der Waals surface area (Å²) in [5, 5.41) is 8.93. The molecule has 62 valence electrons. The van der Waals surface area contributed by atoms with Crippen molar-refractivity contribution >= 4 is 0 Å². The molecule has 0 unspecified atom stereocenters. The van der Waals surface area contributed by atoms with Gasteiger partial charge in [-0.15, -0.1) is 0 Å². The molecule has 0 aliphatic rings. The Kier molecular flexibility index (Phi) is 2.71. The molecule has 1 aromatic rings. The van der Waals surface area contributed by atoms with Crippen molar-refractivity contribution in [3.8, 4) is 0 Å². The maximum absolute atomic E-state index is 8.93. The predicted molar refractivity (Wildman–Crippen MR) is 45.5 cm³/mol. The van der Waals surface area contributed by atoms with Crippen LogP contribution in [0.15, 0.2) is 6.20 Å². The number of aliphatic hydroxyl groups excluding tert-OH is 1. The van der Waals surface area contributed by atoms with Crippen LogP contribution in [0.1, 0.15) is 30.7 Å². The number of aromatic amines is 1. The van der Waals surface area contributed by atoms with E-state index in [1.54, 1.807) is 0 Å². The fraction of sp³-hybridized carbons (Fsp3) is 0.556. The Labute approximate surface area is 67.3 Å². The molecular weight excluding hydrogens is 138 g/mol. The zero-order chi connectivity index (χ0) is 8.27. The van der Waals surface area contributed by atoms with Gasteiger partial charge in [-0.3, -0.25) is 0 Å². The summed E-state index contributed by atoms with van der Waals surface area (Å²) in [6, 6.07) is 0. The van der Waals surface area contributed by atoms with Crippen molar-refractivity contribution in [2.75, 3.05) is 0 Å². The number of hydrogen-bond acceptors (Lipinski definition) is 1. The van der Waals surface area contributed by atoms with Crippen LogP contribution in [0, 0.1) is 0 Å². The normalized spacial score (nSPS) is 10.5. The third-order valence-electron chi connectivity index (χ3n) is 2.07. The van der Waals surface area contributed by atoms with Crippen molar-refractivity contribution in [3.05, 3.63) is 23.0 Å². The summed E-state index contributed by atoms with van der Waals surface area (Å²) in [4.78, 5) is 3.08. The van der Waals surface area contributed by atoms with Crippen LogP contribution in [0.2, 0.25) is 0 Å². The van der Waals surface area contributed by atoms with Gasteiger partial charge in [0.15, 0.2) is 0 Å². The molecule has 0 atom stereocenters. The number of H-pyrrole nitrogens is 1. The van der Waals surface area contributed by atoms with Crippen LogP contribution in [0.5, 0.6) is 0 Å². The molecule has 1 heterocycles. The third kappa shape index (κ3) is 1.46. The second kappa shape index (κ2) is 3.58. The van der Waals surface area contributed by atoms with E-state index < -0.39 is 0 Å². The highest BCUT2D eigenvalue weighted by Crippen LogP contribution is 2.15. The molecule has 2 nitrogen and oxygen atoms in total. The van der Waals surface area contributed by atoms with Gasteiger partial charge < -0.3 is 10.1 Å². The van der Waals surface area contributed by atoms with Crippen molar-refractivity contribution in [1.29, 1.82) is 0 Å². The fourth-order valence-electron chi connectivity index (χ4n) is 1.44. The van der Waals surface area contributed by atoms with Gasteiger partial charge in [0.2, 0.25) is 0 Å². The highest BCUT2D eigenvalue weighted by Gasteiger charge is 2.05. The standard InChI is InChI=1S/C9H15NO/c1-3-7-5-10-9(6-11)8(7)4-2/h5,10-11H,3-4,6H2,1-2H3. The Hall–Kier alpha value is -0.760. The maximum atomic E-state index is 8.93.